The van der Waals surface area contributed by atoms with Crippen LogP contribution in [0.1, 0.15) is 19.0 Å². The molecule has 0 saturated heterocycles. The Balaban J connectivity index is 2.76. The first kappa shape index (κ1) is 12.6. The van der Waals surface area contributed by atoms with Crippen LogP contribution < -0.4 is 0 Å². The molecule has 0 bridgehead atoms. The predicted octanol–water partition coefficient (Wildman–Crippen LogP) is 0.860. The third-order valence-electron chi connectivity index (χ3n) is 2.15. The highest BCUT2D eigenvalue weighted by Gasteiger charge is 2.24. The van der Waals surface area contributed by atoms with Gasteiger partial charge in [-0.2, -0.15) is 0 Å². The van der Waals surface area contributed by atoms with Gasteiger partial charge >= 0.3 is 5.97 Å². The van der Waals surface area contributed by atoms with Crippen molar-refractivity contribution in [3.63, 3.8) is 0 Å². The summed E-state index contributed by atoms with van der Waals surface area (Å²) in [5, 5.41) is 7.64. The van der Waals surface area contributed by atoms with Gasteiger partial charge in [-0.05, 0) is 19.1 Å². The molecule has 0 radical (unpaired) electrons. The van der Waals surface area contributed by atoms with E-state index in [2.05, 4.69) is 4.98 Å². The lowest BCUT2D eigenvalue weighted by atomic mass is 10.3. The van der Waals surface area contributed by atoms with Gasteiger partial charge in [0.2, 0.25) is 0 Å². The fourth-order valence-corrected chi connectivity index (χ4v) is 2.47. The predicted molar refractivity (Wildman–Crippen MR) is 58.6 cm³/mol. The molecule has 0 aliphatic heterocycles. The monoisotopic (exact) mass is 243 g/mol. The van der Waals surface area contributed by atoms with Crippen molar-refractivity contribution in [1.29, 1.82) is 0 Å². The summed E-state index contributed by atoms with van der Waals surface area (Å²) in [6, 6.07) is 4.99. The Kier molecular flexibility index (Phi) is 4.00. The molecule has 1 aromatic rings. The van der Waals surface area contributed by atoms with Crippen molar-refractivity contribution in [2.24, 2.45) is 0 Å². The second kappa shape index (κ2) is 5.07. The van der Waals surface area contributed by atoms with Crippen LogP contribution in [0.15, 0.2) is 24.4 Å². The van der Waals surface area contributed by atoms with Gasteiger partial charge in [-0.1, -0.05) is 6.07 Å². The van der Waals surface area contributed by atoms with Crippen LogP contribution in [-0.4, -0.2) is 29.7 Å². The van der Waals surface area contributed by atoms with E-state index in [-0.39, 0.29) is 12.2 Å². The molecule has 16 heavy (non-hydrogen) atoms. The molecule has 1 atom stereocenters. The van der Waals surface area contributed by atoms with E-state index in [1.54, 1.807) is 18.2 Å². The summed E-state index contributed by atoms with van der Waals surface area (Å²) in [6.45, 7) is 1.40. The molecule has 1 N–H and O–H groups in total. The summed E-state index contributed by atoms with van der Waals surface area (Å²) < 4.78 is 23.5. The molecule has 0 fully saturated rings. The summed E-state index contributed by atoms with van der Waals surface area (Å²) in [5.74, 6) is -1.33. The van der Waals surface area contributed by atoms with E-state index in [4.69, 9.17) is 5.11 Å². The molecule has 0 saturated carbocycles. The topological polar surface area (TPSA) is 84.3 Å². The number of aromatic nitrogens is 1. The van der Waals surface area contributed by atoms with Crippen LogP contribution in [0.3, 0.4) is 0 Å². The van der Waals surface area contributed by atoms with E-state index < -0.39 is 21.1 Å². The average Bonchev–Trinajstić information content (AvgIpc) is 2.17. The second-order valence-corrected chi connectivity index (χ2v) is 5.96. The minimum atomic E-state index is -3.45. The zero-order valence-corrected chi connectivity index (χ0v) is 9.64. The van der Waals surface area contributed by atoms with Gasteiger partial charge in [0.15, 0.2) is 9.84 Å². The molecule has 0 spiro atoms. The van der Waals surface area contributed by atoms with Crippen molar-refractivity contribution in [1.82, 2.24) is 4.98 Å². The van der Waals surface area contributed by atoms with E-state index >= 15 is 0 Å². The molecule has 1 aromatic heterocycles. The van der Waals surface area contributed by atoms with Gasteiger partial charge in [-0.15, -0.1) is 0 Å². The molecule has 88 valence electrons. The van der Waals surface area contributed by atoms with Gasteiger partial charge < -0.3 is 5.11 Å². The molecule has 1 unspecified atom stereocenters. The number of carboxylic acids is 1. The van der Waals surface area contributed by atoms with Crippen molar-refractivity contribution in [3.8, 4) is 0 Å². The number of carboxylic acid groups (broad SMARTS) is 1. The fraction of sp³-hybridized carbons (Fsp3) is 0.400. The van der Waals surface area contributed by atoms with Gasteiger partial charge in [0.1, 0.15) is 0 Å². The zero-order valence-electron chi connectivity index (χ0n) is 8.83. The van der Waals surface area contributed by atoms with Crippen molar-refractivity contribution in [2.75, 3.05) is 0 Å². The van der Waals surface area contributed by atoms with Crippen molar-refractivity contribution in [2.45, 2.75) is 24.3 Å². The van der Waals surface area contributed by atoms with Gasteiger partial charge in [-0.25, -0.2) is 8.42 Å². The minimum absolute atomic E-state index is 0.220. The molecule has 0 aliphatic rings. The average molecular weight is 243 g/mol. The second-order valence-electron chi connectivity index (χ2n) is 3.54. The van der Waals surface area contributed by atoms with E-state index in [1.165, 1.54) is 13.1 Å². The fourth-order valence-electron chi connectivity index (χ4n) is 1.20. The normalized spacial score (nSPS) is 13.3. The maximum atomic E-state index is 11.7. The number of hydrogen-bond acceptors (Lipinski definition) is 4. The molecule has 1 rings (SSSR count). The third-order valence-corrected chi connectivity index (χ3v) is 4.24. The van der Waals surface area contributed by atoms with Crippen LogP contribution in [0, 0.1) is 0 Å². The number of aliphatic carboxylic acids is 1. The zero-order chi connectivity index (χ0) is 12.2. The Morgan fingerprint density at radius 2 is 2.19 bits per heavy atom. The molecule has 6 heteroatoms. The van der Waals surface area contributed by atoms with Crippen LogP contribution in [0.5, 0.6) is 0 Å². The Hall–Kier alpha value is -1.43. The summed E-state index contributed by atoms with van der Waals surface area (Å²) in [7, 11) is -3.45. The molecule has 5 nitrogen and oxygen atoms in total. The Bertz CT molecular complexity index is 455. The largest absolute Gasteiger partial charge is 0.481 e. The number of nitrogens with zero attached hydrogens (tertiary/aromatic N) is 1. The third kappa shape index (κ3) is 3.62. The first-order valence-corrected chi connectivity index (χ1v) is 6.46. The highest BCUT2D eigenvalue weighted by atomic mass is 32.2. The smallest absolute Gasteiger partial charge is 0.304 e. The van der Waals surface area contributed by atoms with E-state index in [0.717, 1.165) is 0 Å². The summed E-state index contributed by atoms with van der Waals surface area (Å²) in [6.07, 6.45) is 1.13. The lowest BCUT2D eigenvalue weighted by Crippen LogP contribution is -2.23. The summed E-state index contributed by atoms with van der Waals surface area (Å²) >= 11 is 0. The molecule has 0 aromatic carbocycles. The van der Waals surface area contributed by atoms with Gasteiger partial charge in [0, 0.05) is 6.20 Å². The first-order chi connectivity index (χ1) is 7.42. The number of hydrogen-bond donors (Lipinski definition) is 1. The quantitative estimate of drug-likeness (QED) is 0.829. The van der Waals surface area contributed by atoms with Gasteiger partial charge in [-0.3, -0.25) is 9.78 Å². The lowest BCUT2D eigenvalue weighted by Gasteiger charge is -2.09. The molecule has 0 amide bonds. The molecule has 0 aliphatic carbocycles. The number of sulfone groups is 1. The maximum Gasteiger partial charge on any atom is 0.304 e. The van der Waals surface area contributed by atoms with Gasteiger partial charge in [0.05, 0.1) is 23.1 Å². The molecular formula is C10H13NO4S. The molecule has 1 heterocycles. The Morgan fingerprint density at radius 3 is 2.69 bits per heavy atom. The van der Waals surface area contributed by atoms with Crippen molar-refractivity contribution in [3.05, 3.63) is 30.1 Å². The Labute approximate surface area is 94.1 Å². The van der Waals surface area contributed by atoms with Crippen molar-refractivity contribution < 1.29 is 18.3 Å². The van der Waals surface area contributed by atoms with Gasteiger partial charge in [0.25, 0.3) is 0 Å². The number of carbonyl (C=O) groups is 1. The highest BCUT2D eigenvalue weighted by molar-refractivity contribution is 7.91. The number of rotatable bonds is 5. The van der Waals surface area contributed by atoms with E-state index in [9.17, 15) is 13.2 Å². The maximum absolute atomic E-state index is 11.7. The summed E-state index contributed by atoms with van der Waals surface area (Å²) in [4.78, 5) is 14.3. The minimum Gasteiger partial charge on any atom is -0.481 e. The van der Waals surface area contributed by atoms with Crippen LogP contribution in [-0.2, 0) is 20.4 Å². The van der Waals surface area contributed by atoms with Crippen molar-refractivity contribution >= 4 is 15.8 Å². The number of pyridine rings is 1. The van der Waals surface area contributed by atoms with E-state index in [1.807, 2.05) is 0 Å². The van der Waals surface area contributed by atoms with Crippen LogP contribution in [0.2, 0.25) is 0 Å². The van der Waals surface area contributed by atoms with Crippen LogP contribution >= 0.6 is 0 Å². The van der Waals surface area contributed by atoms with Crippen LogP contribution in [0.25, 0.3) is 0 Å². The first-order valence-electron chi connectivity index (χ1n) is 4.75. The van der Waals surface area contributed by atoms with E-state index in [0.29, 0.717) is 5.69 Å². The summed E-state index contributed by atoms with van der Waals surface area (Å²) in [5.41, 5.74) is 0.430. The lowest BCUT2D eigenvalue weighted by molar-refractivity contribution is -0.136. The molecular weight excluding hydrogens is 230 g/mol. The highest BCUT2D eigenvalue weighted by Crippen LogP contribution is 2.11. The SMILES string of the molecule is CC(CC(=O)O)S(=O)(=O)Cc1ccccn1. The standard InChI is InChI=1S/C10H13NO4S/c1-8(6-10(12)13)16(14,15)7-9-4-2-3-5-11-9/h2-5,8H,6-7H2,1H3,(H,12,13). The van der Waals surface area contributed by atoms with Crippen LogP contribution in [0.4, 0.5) is 0 Å². The Morgan fingerprint density at radius 1 is 1.50 bits per heavy atom.